The van der Waals surface area contributed by atoms with Crippen LogP contribution in [0.1, 0.15) is 43.9 Å². The van der Waals surface area contributed by atoms with Gasteiger partial charge in [-0.15, -0.1) is 0 Å². The molecule has 1 amide bonds. The third-order valence-corrected chi connectivity index (χ3v) is 3.80. The molecule has 1 aliphatic carbocycles. The van der Waals surface area contributed by atoms with Crippen LogP contribution in [0.4, 0.5) is 0 Å². The standard InChI is InChI=1S/C15H22N2O/c1-10-5-4-6-12(9-10)11(2)17-14(18)15(3,16)13-7-8-13/h4-6,9,11,13H,7-8,16H2,1-3H3,(H,17,18)/t11-,15?/m1/s1. The van der Waals surface area contributed by atoms with Crippen LogP contribution in [0.5, 0.6) is 0 Å². The van der Waals surface area contributed by atoms with Crippen LogP contribution in [0.15, 0.2) is 24.3 Å². The number of carbonyl (C=O) groups is 1. The molecular weight excluding hydrogens is 224 g/mol. The highest BCUT2D eigenvalue weighted by Gasteiger charge is 2.44. The third-order valence-electron chi connectivity index (χ3n) is 3.80. The molecule has 0 heterocycles. The van der Waals surface area contributed by atoms with Crippen molar-refractivity contribution in [2.45, 2.75) is 45.2 Å². The Kier molecular flexibility index (Phi) is 3.44. The van der Waals surface area contributed by atoms with Gasteiger partial charge in [0.15, 0.2) is 0 Å². The van der Waals surface area contributed by atoms with E-state index in [1.54, 1.807) is 0 Å². The van der Waals surface area contributed by atoms with Gasteiger partial charge in [-0.25, -0.2) is 0 Å². The van der Waals surface area contributed by atoms with Crippen molar-refractivity contribution < 1.29 is 4.79 Å². The second kappa shape index (κ2) is 4.73. The maximum Gasteiger partial charge on any atom is 0.240 e. The summed E-state index contributed by atoms with van der Waals surface area (Å²) in [7, 11) is 0. The monoisotopic (exact) mass is 246 g/mol. The zero-order valence-corrected chi connectivity index (χ0v) is 11.4. The number of nitrogens with one attached hydrogen (secondary N) is 1. The molecule has 1 fully saturated rings. The van der Waals surface area contributed by atoms with Gasteiger partial charge < -0.3 is 11.1 Å². The van der Waals surface area contributed by atoms with Crippen LogP contribution in [-0.4, -0.2) is 11.4 Å². The Bertz CT molecular complexity index is 450. The summed E-state index contributed by atoms with van der Waals surface area (Å²) in [4.78, 5) is 12.2. The summed E-state index contributed by atoms with van der Waals surface area (Å²) < 4.78 is 0. The number of aryl methyl sites for hydroxylation is 1. The van der Waals surface area contributed by atoms with Crippen LogP contribution in [0, 0.1) is 12.8 Å². The second-order valence-corrected chi connectivity index (χ2v) is 5.67. The zero-order chi connectivity index (χ0) is 13.3. The molecule has 0 spiro atoms. The highest BCUT2D eigenvalue weighted by Crippen LogP contribution is 2.38. The minimum atomic E-state index is -0.724. The lowest BCUT2D eigenvalue weighted by Gasteiger charge is -2.26. The van der Waals surface area contributed by atoms with Gasteiger partial charge in [-0.1, -0.05) is 29.8 Å². The van der Waals surface area contributed by atoms with E-state index in [9.17, 15) is 4.79 Å². The normalized spacial score (nSPS) is 20.0. The number of hydrogen-bond donors (Lipinski definition) is 2. The molecule has 0 aromatic heterocycles. The number of nitrogens with two attached hydrogens (primary N) is 1. The Hall–Kier alpha value is -1.35. The van der Waals surface area contributed by atoms with E-state index in [4.69, 9.17) is 5.73 Å². The summed E-state index contributed by atoms with van der Waals surface area (Å²) in [6.45, 7) is 5.88. The molecule has 3 N–H and O–H groups in total. The zero-order valence-electron chi connectivity index (χ0n) is 11.4. The summed E-state index contributed by atoms with van der Waals surface area (Å²) in [6.07, 6.45) is 2.14. The molecule has 0 aliphatic heterocycles. The molecule has 3 nitrogen and oxygen atoms in total. The van der Waals surface area contributed by atoms with E-state index in [1.807, 2.05) is 26.0 Å². The van der Waals surface area contributed by atoms with Crippen LogP contribution in [0.3, 0.4) is 0 Å². The van der Waals surface area contributed by atoms with Gasteiger partial charge >= 0.3 is 0 Å². The van der Waals surface area contributed by atoms with E-state index < -0.39 is 5.54 Å². The van der Waals surface area contributed by atoms with Gasteiger partial charge in [-0.05, 0) is 45.1 Å². The largest absolute Gasteiger partial charge is 0.348 e. The van der Waals surface area contributed by atoms with E-state index in [-0.39, 0.29) is 11.9 Å². The first kappa shape index (κ1) is 13.1. The lowest BCUT2D eigenvalue weighted by molar-refractivity contribution is -0.127. The summed E-state index contributed by atoms with van der Waals surface area (Å²) in [5.74, 6) is 0.307. The Morgan fingerprint density at radius 3 is 2.72 bits per heavy atom. The first-order valence-electron chi connectivity index (χ1n) is 6.57. The minimum absolute atomic E-state index is 0.000903. The predicted molar refractivity (Wildman–Crippen MR) is 73.1 cm³/mol. The minimum Gasteiger partial charge on any atom is -0.348 e. The van der Waals surface area contributed by atoms with Crippen molar-refractivity contribution in [3.8, 4) is 0 Å². The average molecular weight is 246 g/mol. The molecule has 18 heavy (non-hydrogen) atoms. The van der Waals surface area contributed by atoms with E-state index in [0.29, 0.717) is 5.92 Å². The van der Waals surface area contributed by atoms with Crippen molar-refractivity contribution in [2.75, 3.05) is 0 Å². The number of benzene rings is 1. The maximum absolute atomic E-state index is 12.2. The van der Waals surface area contributed by atoms with Crippen LogP contribution < -0.4 is 11.1 Å². The molecule has 98 valence electrons. The second-order valence-electron chi connectivity index (χ2n) is 5.67. The molecule has 1 unspecified atom stereocenters. The lowest BCUT2D eigenvalue weighted by Crippen LogP contribution is -2.53. The van der Waals surface area contributed by atoms with Gasteiger partial charge in [0.05, 0.1) is 11.6 Å². The fourth-order valence-corrected chi connectivity index (χ4v) is 2.24. The van der Waals surface area contributed by atoms with Crippen molar-refractivity contribution in [2.24, 2.45) is 11.7 Å². The molecule has 2 atom stereocenters. The SMILES string of the molecule is Cc1cccc([C@@H](C)NC(=O)C(C)(N)C2CC2)c1. The molecule has 0 saturated heterocycles. The highest BCUT2D eigenvalue weighted by molar-refractivity contribution is 5.86. The quantitative estimate of drug-likeness (QED) is 0.856. The topological polar surface area (TPSA) is 55.1 Å². The van der Waals surface area contributed by atoms with Gasteiger partial charge in [0, 0.05) is 0 Å². The molecule has 2 rings (SSSR count). The van der Waals surface area contributed by atoms with Gasteiger partial charge in [0.25, 0.3) is 0 Å². The van der Waals surface area contributed by atoms with Crippen molar-refractivity contribution >= 4 is 5.91 Å². The van der Waals surface area contributed by atoms with Crippen LogP contribution >= 0.6 is 0 Å². The number of amides is 1. The van der Waals surface area contributed by atoms with E-state index in [0.717, 1.165) is 18.4 Å². The number of rotatable bonds is 4. The Balaban J connectivity index is 2.03. The molecule has 0 radical (unpaired) electrons. The van der Waals surface area contributed by atoms with Gasteiger partial charge in [-0.2, -0.15) is 0 Å². The van der Waals surface area contributed by atoms with E-state index in [1.165, 1.54) is 5.56 Å². The third kappa shape index (κ3) is 2.72. The summed E-state index contributed by atoms with van der Waals surface area (Å²) in [5, 5.41) is 3.02. The molecule has 1 aliphatic rings. The smallest absolute Gasteiger partial charge is 0.240 e. The van der Waals surface area contributed by atoms with Crippen LogP contribution in [0.2, 0.25) is 0 Å². The van der Waals surface area contributed by atoms with Gasteiger partial charge in [0.1, 0.15) is 0 Å². The first-order chi connectivity index (χ1) is 8.41. The number of carbonyl (C=O) groups excluding carboxylic acids is 1. The molecule has 1 saturated carbocycles. The lowest BCUT2D eigenvalue weighted by atomic mass is 9.95. The first-order valence-corrected chi connectivity index (χ1v) is 6.57. The maximum atomic E-state index is 12.2. The van der Waals surface area contributed by atoms with Crippen molar-refractivity contribution in [1.29, 1.82) is 0 Å². The molecule has 3 heteroatoms. The van der Waals surface area contributed by atoms with Gasteiger partial charge in [0.2, 0.25) is 5.91 Å². The van der Waals surface area contributed by atoms with E-state index >= 15 is 0 Å². The molecular formula is C15H22N2O. The van der Waals surface area contributed by atoms with E-state index in [2.05, 4.69) is 24.4 Å². The predicted octanol–water partition coefficient (Wildman–Crippen LogP) is 2.30. The van der Waals surface area contributed by atoms with Crippen molar-refractivity contribution in [1.82, 2.24) is 5.32 Å². The Morgan fingerprint density at radius 2 is 2.17 bits per heavy atom. The van der Waals surface area contributed by atoms with Crippen LogP contribution in [0.25, 0.3) is 0 Å². The summed E-state index contributed by atoms with van der Waals surface area (Å²) >= 11 is 0. The highest BCUT2D eigenvalue weighted by atomic mass is 16.2. The average Bonchev–Trinajstić information content (AvgIpc) is 3.12. The molecule has 1 aromatic carbocycles. The fraction of sp³-hybridized carbons (Fsp3) is 0.533. The number of hydrogen-bond acceptors (Lipinski definition) is 2. The fourth-order valence-electron chi connectivity index (χ4n) is 2.24. The Morgan fingerprint density at radius 1 is 1.50 bits per heavy atom. The summed E-state index contributed by atoms with van der Waals surface area (Å²) in [6, 6.07) is 8.18. The molecule has 0 bridgehead atoms. The van der Waals surface area contributed by atoms with Crippen LogP contribution in [-0.2, 0) is 4.79 Å². The Labute approximate surface area is 109 Å². The van der Waals surface area contributed by atoms with Crippen molar-refractivity contribution in [3.63, 3.8) is 0 Å². The summed E-state index contributed by atoms with van der Waals surface area (Å²) in [5.41, 5.74) is 7.71. The van der Waals surface area contributed by atoms with Crippen molar-refractivity contribution in [3.05, 3.63) is 35.4 Å². The van der Waals surface area contributed by atoms with Gasteiger partial charge in [-0.3, -0.25) is 4.79 Å². The molecule has 1 aromatic rings.